The highest BCUT2D eigenvalue weighted by atomic mass is 33.1. The predicted molar refractivity (Wildman–Crippen MR) is 351 cm³/mol. The van der Waals surface area contributed by atoms with Crippen molar-refractivity contribution in [3.63, 3.8) is 0 Å². The quantitative estimate of drug-likeness (QED) is 0.130. The molecule has 12 heteroatoms. The molecule has 476 valence electrons. The van der Waals surface area contributed by atoms with Crippen LogP contribution in [0.4, 0.5) is 0 Å². The second kappa shape index (κ2) is 21.3. The molecule has 5 N–H and O–H groups in total. The molecule has 12 aliphatic carbocycles. The summed E-state index contributed by atoms with van der Waals surface area (Å²) in [4.78, 5) is 36.4. The lowest BCUT2D eigenvalue weighted by atomic mass is 9.44. The Kier molecular flexibility index (Phi) is 14.2. The minimum atomic E-state index is -0.796. The van der Waals surface area contributed by atoms with Crippen molar-refractivity contribution in [1.82, 2.24) is 10.2 Å². The fourth-order valence-electron chi connectivity index (χ4n) is 27.1. The number of ether oxygens (including phenoxy) is 2. The molecule has 10 nitrogen and oxygen atoms in total. The number of hydrogen-bond donors (Lipinski definition) is 4. The van der Waals surface area contributed by atoms with Crippen LogP contribution in [0.15, 0.2) is 53.5 Å². The number of nitrogens with two attached hydrogens (primary N) is 1. The number of amides is 1. The lowest BCUT2D eigenvalue weighted by Gasteiger charge is -2.61. The fourth-order valence-corrected chi connectivity index (χ4v) is 31.1. The maximum atomic E-state index is 15.2. The summed E-state index contributed by atoms with van der Waals surface area (Å²) in [6, 6.07) is 13.2. The maximum absolute atomic E-state index is 15.2. The zero-order valence-corrected chi connectivity index (χ0v) is 54.9. The number of nitrogens with one attached hydrogen (secondary N) is 1. The lowest BCUT2D eigenvalue weighted by Crippen LogP contribution is -2.59. The van der Waals surface area contributed by atoms with E-state index in [1.165, 1.54) is 153 Å². The van der Waals surface area contributed by atoms with Gasteiger partial charge in [-0.25, -0.2) is 0 Å². The number of nitrogens with zero attached hydrogens (tertiary/aromatic N) is 2. The van der Waals surface area contributed by atoms with Crippen LogP contribution in [0.2, 0.25) is 0 Å². The van der Waals surface area contributed by atoms with Gasteiger partial charge in [-0.2, -0.15) is 0 Å². The summed E-state index contributed by atoms with van der Waals surface area (Å²) in [5, 5.41) is 30.6. The van der Waals surface area contributed by atoms with E-state index in [1.54, 1.807) is 6.92 Å². The van der Waals surface area contributed by atoms with Gasteiger partial charge < -0.3 is 35.6 Å². The third kappa shape index (κ3) is 8.63. The average Bonchev–Trinajstić information content (AvgIpc) is 1.55. The summed E-state index contributed by atoms with van der Waals surface area (Å²) in [5.74, 6) is 4.84. The van der Waals surface area contributed by atoms with E-state index in [4.69, 9.17) is 20.2 Å². The van der Waals surface area contributed by atoms with Gasteiger partial charge in [0.2, 0.25) is 5.91 Å². The summed E-state index contributed by atoms with van der Waals surface area (Å²) in [5.41, 5.74) is 11.9. The second-order valence-electron chi connectivity index (χ2n) is 33.7. The molecule has 1 amide bonds. The summed E-state index contributed by atoms with van der Waals surface area (Å²) in [7, 11) is 4.41. The number of benzene rings is 2. The molecule has 11 saturated carbocycles. The number of esters is 1. The number of phenolic OH excluding ortho intramolecular Hbond substituents is 1. The summed E-state index contributed by atoms with van der Waals surface area (Å²) in [6.45, 7) is 3.07. The Bertz CT molecular complexity index is 3120. The van der Waals surface area contributed by atoms with E-state index in [9.17, 15) is 15.0 Å². The van der Waals surface area contributed by atoms with Crippen LogP contribution in [0, 0.1) is 73.9 Å². The van der Waals surface area contributed by atoms with Crippen LogP contribution in [0.1, 0.15) is 259 Å². The number of phenols is 1. The summed E-state index contributed by atoms with van der Waals surface area (Å²) in [6.07, 6.45) is 45.5. The molecule has 1 saturated heterocycles. The number of hydrogen-bond acceptors (Lipinski definition) is 11. The van der Waals surface area contributed by atoms with Crippen LogP contribution in [-0.4, -0.2) is 74.0 Å². The molecule has 0 radical (unpaired) electrons. The topological polar surface area (TPSA) is 147 Å². The van der Waals surface area contributed by atoms with Gasteiger partial charge in [0.15, 0.2) is 17.5 Å². The third-order valence-corrected chi connectivity index (χ3v) is 33.9. The van der Waals surface area contributed by atoms with Crippen molar-refractivity contribution in [2.45, 2.75) is 272 Å². The van der Waals surface area contributed by atoms with Crippen molar-refractivity contribution in [1.29, 1.82) is 0 Å². The smallest absolute Gasteiger partial charge is 0.303 e. The van der Waals surface area contributed by atoms with Crippen molar-refractivity contribution < 1.29 is 29.3 Å². The van der Waals surface area contributed by atoms with Gasteiger partial charge in [0.05, 0.1) is 6.10 Å². The molecule has 16 atom stereocenters. The van der Waals surface area contributed by atoms with E-state index in [0.29, 0.717) is 84.6 Å². The lowest BCUT2D eigenvalue weighted by molar-refractivity contribution is -0.204. The van der Waals surface area contributed by atoms with Gasteiger partial charge in [-0.05, 0) is 254 Å². The zero-order valence-electron chi connectivity index (χ0n) is 53.3. The van der Waals surface area contributed by atoms with Crippen LogP contribution in [0.25, 0.3) is 0 Å². The molecule has 88 heavy (non-hydrogen) atoms. The first-order valence-corrected chi connectivity index (χ1v) is 38.8. The molecule has 8 spiro atoms. The van der Waals surface area contributed by atoms with E-state index < -0.39 is 17.3 Å². The van der Waals surface area contributed by atoms with E-state index in [1.807, 2.05) is 0 Å². The standard InChI is InChI=1S/C76H104N4O6S2/c1-49(81)85-74-41-53-16-18-57(74)39-54-37-55(65(84)66-64(54)51-22-32-73(86-66)28-11-15-56(73)38-51)45-80-48-71(43-62(80)83)58(20-21-60(71)50-13-3-2-4-14-50)44-78-67(77)79-76(31-12-27-69(76)25-7-8-26-69)88-87-46-59-19-17-52(63(53)61(82)42-74)40-72(59)36-35-70(75(72)29-9-10-30-75)34-33-68(47-70)23-5-6-24-68/h2-4,13-14,22,32,37,51-53,56-61,63,82,84H,5-12,15-21,23-31,33-36,38-48H2,1H3,(H3,77,78,79). The molecule has 12 bridgehead atoms. The van der Waals surface area contributed by atoms with E-state index in [2.05, 4.69) is 80.4 Å². The molecular formula is C76H104N4O6S2. The van der Waals surface area contributed by atoms with Gasteiger partial charge in [-0.3, -0.25) is 14.6 Å². The Morgan fingerprint density at radius 3 is 2.34 bits per heavy atom. The minimum absolute atomic E-state index is 0.0136. The van der Waals surface area contributed by atoms with Crippen LogP contribution in [0.5, 0.6) is 11.5 Å². The highest BCUT2D eigenvalue weighted by Gasteiger charge is 2.73. The van der Waals surface area contributed by atoms with Gasteiger partial charge in [-0.15, -0.1) is 0 Å². The van der Waals surface area contributed by atoms with Crippen molar-refractivity contribution in [2.24, 2.45) is 84.6 Å². The molecular weight excluding hydrogens is 1130 g/mol. The molecule has 2 aromatic rings. The Hall–Kier alpha value is -3.35. The van der Waals surface area contributed by atoms with Crippen LogP contribution < -0.4 is 15.8 Å². The maximum Gasteiger partial charge on any atom is 0.303 e. The van der Waals surface area contributed by atoms with Crippen LogP contribution in [0.3, 0.4) is 0 Å². The molecule has 16 unspecified atom stereocenters. The first-order valence-electron chi connectivity index (χ1n) is 36.5. The van der Waals surface area contributed by atoms with Crippen LogP contribution >= 0.6 is 21.6 Å². The number of guanidine groups is 1. The predicted octanol–water partition coefficient (Wildman–Crippen LogP) is 16.1. The number of fused-ring (bicyclic) bond motifs is 1. The van der Waals surface area contributed by atoms with Gasteiger partial charge >= 0.3 is 5.97 Å². The zero-order chi connectivity index (χ0) is 59.5. The van der Waals surface area contributed by atoms with Gasteiger partial charge in [0.25, 0.3) is 0 Å². The van der Waals surface area contributed by atoms with Gasteiger partial charge in [0, 0.05) is 84.9 Å². The Morgan fingerprint density at radius 1 is 0.773 bits per heavy atom. The molecule has 19 aliphatic rings. The van der Waals surface area contributed by atoms with E-state index in [0.717, 1.165) is 80.9 Å². The second-order valence-corrected chi connectivity index (χ2v) is 36.4. The molecule has 0 aromatic heterocycles. The number of rotatable bonds is 2. The van der Waals surface area contributed by atoms with Crippen molar-refractivity contribution in [2.75, 3.05) is 18.8 Å². The first-order chi connectivity index (χ1) is 42.7. The molecule has 2 aromatic carbocycles. The van der Waals surface area contributed by atoms with Crippen molar-refractivity contribution in [3.8, 4) is 11.5 Å². The number of aromatic hydroxyl groups is 1. The Labute approximate surface area is 533 Å². The van der Waals surface area contributed by atoms with Crippen molar-refractivity contribution >= 4 is 39.4 Å². The summed E-state index contributed by atoms with van der Waals surface area (Å²) < 4.78 is 14.3. The molecule has 7 aliphatic heterocycles. The number of aliphatic hydroxyl groups excluding tert-OH is 1. The normalized spacial score (nSPS) is 44.2. The average molecular weight is 1230 g/mol. The fraction of sp³-hybridized carbons (Fsp3) is 0.776. The first kappa shape index (κ1) is 58.5. The molecule has 12 fully saturated rings. The highest BCUT2D eigenvalue weighted by Crippen LogP contribution is 2.82. The molecule has 21 rings (SSSR count). The SMILES string of the molecule is CC(=O)OC12CC(O)C3C(CCC1Cc1cc(c(O)c4c1C1C=CC5(CCCC5C1)O4)CN1CC4(CC1=O)C(CCC4c1ccccc1)CN=C(N)NC1(CCCC14CCCC4)SSCC1CCC3CC13CCC1(CCC4(CCCC4)C1)C31CCCC1)C2. The number of aliphatic hydroxyl groups is 1. The number of carbonyl (C=O) groups excluding carboxylic acids is 2. The summed E-state index contributed by atoms with van der Waals surface area (Å²) >= 11 is 0. The third-order valence-electron chi connectivity index (χ3n) is 30.6. The number of aliphatic imine (C=N–C) groups is 1. The van der Waals surface area contributed by atoms with Crippen LogP contribution in [-0.2, 0) is 27.3 Å². The van der Waals surface area contributed by atoms with Gasteiger partial charge in [0.1, 0.15) is 16.1 Å². The molecule has 7 heterocycles. The monoisotopic (exact) mass is 1230 g/mol. The number of carbonyl (C=O) groups is 2. The minimum Gasteiger partial charge on any atom is -0.504 e. The van der Waals surface area contributed by atoms with E-state index in [-0.39, 0.29) is 74.2 Å². The Morgan fingerprint density at radius 2 is 1.52 bits per heavy atom. The largest absolute Gasteiger partial charge is 0.504 e. The number of allylic oxidation sites excluding steroid dienone is 1. The van der Waals surface area contributed by atoms with E-state index >= 15 is 4.79 Å². The highest BCUT2D eigenvalue weighted by molar-refractivity contribution is 8.77. The van der Waals surface area contributed by atoms with Gasteiger partial charge in [-0.1, -0.05) is 96.5 Å². The Balaban J connectivity index is 0.785. The van der Waals surface area contributed by atoms with Crippen molar-refractivity contribution in [3.05, 3.63) is 70.8 Å².